The summed E-state index contributed by atoms with van der Waals surface area (Å²) >= 11 is 0. The number of ketones is 1. The third-order valence-corrected chi connectivity index (χ3v) is 6.30. The zero-order valence-corrected chi connectivity index (χ0v) is 17.2. The molecule has 4 rings (SSSR count). The van der Waals surface area contributed by atoms with Crippen LogP contribution >= 0.6 is 0 Å². The second kappa shape index (κ2) is 8.01. The number of hydrogen-bond donors (Lipinski definition) is 0. The molecule has 2 atom stereocenters. The Morgan fingerprint density at radius 3 is 2.77 bits per heavy atom. The summed E-state index contributed by atoms with van der Waals surface area (Å²) in [5, 5.41) is 0. The minimum absolute atomic E-state index is 0.0337. The molecule has 2 aliphatic rings. The van der Waals surface area contributed by atoms with Crippen molar-refractivity contribution in [2.24, 2.45) is 11.3 Å². The van der Waals surface area contributed by atoms with Crippen molar-refractivity contribution in [2.45, 2.75) is 51.6 Å². The van der Waals surface area contributed by atoms with Gasteiger partial charge in [-0.25, -0.2) is 15.0 Å². The normalized spacial score (nSPS) is 24.1. The van der Waals surface area contributed by atoms with Gasteiger partial charge in [-0.3, -0.25) is 14.5 Å². The van der Waals surface area contributed by atoms with Gasteiger partial charge >= 0.3 is 6.18 Å². The number of pyridine rings is 1. The third kappa shape index (κ3) is 4.31. The lowest BCUT2D eigenvalue weighted by Gasteiger charge is -2.36. The molecule has 1 spiro atoms. The third-order valence-electron chi connectivity index (χ3n) is 6.30. The lowest BCUT2D eigenvalue weighted by molar-refractivity contribution is -0.141. The Kier molecular flexibility index (Phi) is 5.53. The average Bonchev–Trinajstić information content (AvgIpc) is 3.03. The molecule has 0 radical (unpaired) electrons. The Morgan fingerprint density at radius 1 is 1.23 bits per heavy atom. The molecule has 31 heavy (non-hydrogen) atoms. The molecular weight excluding hydrogens is 409 g/mol. The van der Waals surface area contributed by atoms with E-state index in [2.05, 4.69) is 15.0 Å². The number of Topliss-reactive ketones (excluding diaryl/α,β-unsaturated/α-hetero) is 1. The highest BCUT2D eigenvalue weighted by Crippen LogP contribution is 2.48. The summed E-state index contributed by atoms with van der Waals surface area (Å²) in [5.74, 6) is 0.339. The first kappa shape index (κ1) is 21.4. The van der Waals surface area contributed by atoms with Crippen molar-refractivity contribution in [3.63, 3.8) is 0 Å². The molecular formula is C22H23F3N4O2. The number of anilines is 1. The highest BCUT2D eigenvalue weighted by Gasteiger charge is 2.50. The molecule has 1 aliphatic carbocycles. The Hall–Kier alpha value is -2.84. The number of rotatable bonds is 4. The molecule has 1 amide bonds. The number of halogens is 3. The Morgan fingerprint density at radius 2 is 2.03 bits per heavy atom. The maximum atomic E-state index is 13.3. The van der Waals surface area contributed by atoms with Crippen molar-refractivity contribution in [3.8, 4) is 0 Å². The minimum Gasteiger partial charge on any atom is -0.296 e. The number of carbonyl (C=O) groups excluding carboxylic acids is 2. The van der Waals surface area contributed by atoms with Crippen LogP contribution in [0.4, 0.5) is 19.0 Å². The van der Waals surface area contributed by atoms with E-state index in [1.165, 1.54) is 17.0 Å². The van der Waals surface area contributed by atoms with E-state index >= 15 is 0 Å². The summed E-state index contributed by atoms with van der Waals surface area (Å²) < 4.78 is 39.1. The first-order valence-electron chi connectivity index (χ1n) is 10.4. The fourth-order valence-electron chi connectivity index (χ4n) is 4.83. The van der Waals surface area contributed by atoms with E-state index in [1.54, 1.807) is 19.2 Å². The van der Waals surface area contributed by atoms with Crippen molar-refractivity contribution in [1.82, 2.24) is 15.0 Å². The quantitative estimate of drug-likeness (QED) is 0.670. The number of carbonyl (C=O) groups is 2. The van der Waals surface area contributed by atoms with Crippen LogP contribution in [-0.4, -0.2) is 33.2 Å². The maximum Gasteiger partial charge on any atom is 0.433 e. The number of amides is 1. The molecule has 0 N–H and O–H groups in total. The van der Waals surface area contributed by atoms with Crippen molar-refractivity contribution >= 4 is 17.5 Å². The van der Waals surface area contributed by atoms with Gasteiger partial charge in [0.25, 0.3) is 0 Å². The van der Waals surface area contributed by atoms with Crippen molar-refractivity contribution in [3.05, 3.63) is 47.7 Å². The van der Waals surface area contributed by atoms with E-state index in [-0.39, 0.29) is 23.4 Å². The van der Waals surface area contributed by atoms with E-state index in [9.17, 15) is 22.8 Å². The zero-order chi connectivity index (χ0) is 22.2. The Labute approximate surface area is 177 Å². The van der Waals surface area contributed by atoms with Crippen LogP contribution in [0.25, 0.3) is 0 Å². The van der Waals surface area contributed by atoms with Gasteiger partial charge in [0.2, 0.25) is 5.91 Å². The standard InChI is InChI=1S/C22H23F3N4O2/c1-14-26-10-7-16(27-14)17(30)12-15-4-3-8-21(13-15)9-11-29(20(21)31)19-6-2-5-18(28-19)22(23,24)25/h2,5-7,10,15H,3-4,8-9,11-13H2,1H3/t15-,21+/m1/s1. The topological polar surface area (TPSA) is 76.1 Å². The molecule has 2 aromatic heterocycles. The van der Waals surface area contributed by atoms with Gasteiger partial charge in [-0.05, 0) is 56.7 Å². The average molecular weight is 432 g/mol. The van der Waals surface area contributed by atoms with E-state index in [0.717, 1.165) is 18.9 Å². The van der Waals surface area contributed by atoms with Gasteiger partial charge in [0, 0.05) is 19.2 Å². The smallest absolute Gasteiger partial charge is 0.296 e. The van der Waals surface area contributed by atoms with Crippen LogP contribution in [0.2, 0.25) is 0 Å². The molecule has 0 bridgehead atoms. The summed E-state index contributed by atoms with van der Waals surface area (Å²) in [7, 11) is 0. The molecule has 1 saturated heterocycles. The van der Waals surface area contributed by atoms with E-state index in [4.69, 9.17) is 0 Å². The number of nitrogens with zero attached hydrogens (tertiary/aromatic N) is 4. The van der Waals surface area contributed by atoms with Crippen molar-refractivity contribution in [1.29, 1.82) is 0 Å². The summed E-state index contributed by atoms with van der Waals surface area (Å²) in [5.41, 5.74) is -1.27. The van der Waals surface area contributed by atoms with E-state index < -0.39 is 17.3 Å². The predicted octanol–water partition coefficient (Wildman–Crippen LogP) is 4.39. The fourth-order valence-corrected chi connectivity index (χ4v) is 4.83. The molecule has 1 saturated carbocycles. The molecule has 9 heteroatoms. The molecule has 1 aliphatic heterocycles. The van der Waals surface area contributed by atoms with Crippen LogP contribution in [0.3, 0.4) is 0 Å². The molecule has 3 heterocycles. The van der Waals surface area contributed by atoms with Crippen LogP contribution in [0.1, 0.15) is 60.5 Å². The van der Waals surface area contributed by atoms with Crippen molar-refractivity contribution in [2.75, 3.05) is 11.4 Å². The maximum absolute atomic E-state index is 13.3. The first-order chi connectivity index (χ1) is 14.7. The molecule has 6 nitrogen and oxygen atoms in total. The summed E-state index contributed by atoms with van der Waals surface area (Å²) in [6.45, 7) is 2.05. The minimum atomic E-state index is -4.56. The first-order valence-corrected chi connectivity index (χ1v) is 10.4. The summed E-state index contributed by atoms with van der Waals surface area (Å²) in [6.07, 6.45) is 0.720. The Balaban J connectivity index is 1.48. The van der Waals surface area contributed by atoms with Crippen molar-refractivity contribution < 1.29 is 22.8 Å². The van der Waals surface area contributed by atoms with Crippen LogP contribution in [0, 0.1) is 18.3 Å². The van der Waals surface area contributed by atoms with Gasteiger partial charge in [0.15, 0.2) is 5.78 Å². The van der Waals surface area contributed by atoms with Gasteiger partial charge in [0.1, 0.15) is 23.0 Å². The summed E-state index contributed by atoms with van der Waals surface area (Å²) in [6, 6.07) is 5.20. The zero-order valence-electron chi connectivity index (χ0n) is 17.2. The second-order valence-electron chi connectivity index (χ2n) is 8.44. The van der Waals surface area contributed by atoms with E-state index in [0.29, 0.717) is 43.7 Å². The van der Waals surface area contributed by atoms with Crippen LogP contribution in [-0.2, 0) is 11.0 Å². The second-order valence-corrected chi connectivity index (χ2v) is 8.44. The SMILES string of the molecule is Cc1nccc(C(=O)C[C@H]2CCC[C@]3(CCN(c4cccc(C(F)(F)F)n4)C3=O)C2)n1. The van der Waals surface area contributed by atoms with Gasteiger partial charge in [-0.2, -0.15) is 13.2 Å². The molecule has 0 unspecified atom stereocenters. The largest absolute Gasteiger partial charge is 0.433 e. The highest BCUT2D eigenvalue weighted by atomic mass is 19.4. The van der Waals surface area contributed by atoms with E-state index in [1.807, 2.05) is 0 Å². The Bertz CT molecular complexity index is 1010. The fraction of sp³-hybridized carbons (Fsp3) is 0.500. The van der Waals surface area contributed by atoms with Gasteiger partial charge in [-0.15, -0.1) is 0 Å². The predicted molar refractivity (Wildman–Crippen MR) is 106 cm³/mol. The number of aromatic nitrogens is 3. The lowest BCUT2D eigenvalue weighted by Crippen LogP contribution is -2.39. The van der Waals surface area contributed by atoms with Gasteiger partial charge in [0.05, 0.1) is 5.41 Å². The number of hydrogen-bond acceptors (Lipinski definition) is 5. The molecule has 2 fully saturated rings. The summed E-state index contributed by atoms with van der Waals surface area (Å²) in [4.78, 5) is 39.2. The van der Waals surface area contributed by atoms with Crippen LogP contribution in [0.15, 0.2) is 30.5 Å². The van der Waals surface area contributed by atoms with Gasteiger partial charge < -0.3 is 0 Å². The molecule has 2 aromatic rings. The monoisotopic (exact) mass is 432 g/mol. The van der Waals surface area contributed by atoms with Crippen LogP contribution < -0.4 is 4.90 Å². The van der Waals surface area contributed by atoms with Crippen LogP contribution in [0.5, 0.6) is 0 Å². The number of aryl methyl sites for hydroxylation is 1. The lowest BCUT2D eigenvalue weighted by atomic mass is 9.67. The molecule has 0 aromatic carbocycles. The number of alkyl halides is 3. The highest BCUT2D eigenvalue weighted by molar-refractivity contribution is 5.99. The van der Waals surface area contributed by atoms with Gasteiger partial charge in [-0.1, -0.05) is 12.5 Å². The molecule has 164 valence electrons.